The van der Waals surface area contributed by atoms with Crippen LogP contribution in [0.2, 0.25) is 0 Å². The van der Waals surface area contributed by atoms with Gasteiger partial charge in [0.25, 0.3) is 5.69 Å². The van der Waals surface area contributed by atoms with Crippen molar-refractivity contribution < 1.29 is 24.0 Å². The Kier molecular flexibility index (Phi) is 3.66. The van der Waals surface area contributed by atoms with Gasteiger partial charge in [0.2, 0.25) is 0 Å². The second-order valence-corrected chi connectivity index (χ2v) is 5.28. The number of benzene rings is 1. The molecule has 0 spiro atoms. The van der Waals surface area contributed by atoms with Crippen molar-refractivity contribution in [1.29, 1.82) is 0 Å². The van der Waals surface area contributed by atoms with E-state index >= 15 is 0 Å². The molecular weight excluding hydrogens is 292 g/mol. The first-order valence-electron chi connectivity index (χ1n) is 6.92. The summed E-state index contributed by atoms with van der Waals surface area (Å²) in [6.07, 6.45) is 0.584. The number of hydrogen-bond donors (Lipinski definition) is 0. The number of non-ortho nitro benzene ring substituents is 1. The molecule has 0 N–H and O–H groups in total. The maximum atomic E-state index is 12.1. The van der Waals surface area contributed by atoms with Crippen molar-refractivity contribution in [2.45, 2.75) is 31.6 Å². The number of nitrogens with zero attached hydrogens (tertiary/aromatic N) is 2. The van der Waals surface area contributed by atoms with Gasteiger partial charge in [-0.25, -0.2) is 9.59 Å². The molecule has 2 unspecified atom stereocenters. The highest BCUT2D eigenvalue weighted by molar-refractivity contribution is 5.83. The first-order chi connectivity index (χ1) is 10.5. The molecule has 116 valence electrons. The predicted molar refractivity (Wildman–Crippen MR) is 72.9 cm³/mol. The van der Waals surface area contributed by atoms with Gasteiger partial charge in [-0.05, 0) is 30.5 Å². The summed E-state index contributed by atoms with van der Waals surface area (Å²) in [5.74, 6) is -0.476. The van der Waals surface area contributed by atoms with Crippen LogP contribution in [0.4, 0.5) is 10.5 Å². The topological polar surface area (TPSA) is 99.0 Å². The van der Waals surface area contributed by atoms with Crippen LogP contribution in [0, 0.1) is 10.1 Å². The van der Waals surface area contributed by atoms with Crippen molar-refractivity contribution >= 4 is 17.7 Å². The number of ether oxygens (including phenoxy) is 2. The lowest BCUT2D eigenvalue weighted by Crippen LogP contribution is -2.45. The summed E-state index contributed by atoms with van der Waals surface area (Å²) in [4.78, 5) is 35.1. The minimum atomic E-state index is -0.607. The fourth-order valence-electron chi connectivity index (χ4n) is 2.66. The molecule has 3 rings (SSSR count). The van der Waals surface area contributed by atoms with E-state index in [1.54, 1.807) is 0 Å². The highest BCUT2D eigenvalue weighted by Crippen LogP contribution is 2.27. The van der Waals surface area contributed by atoms with E-state index in [0.29, 0.717) is 24.9 Å². The van der Waals surface area contributed by atoms with E-state index in [1.165, 1.54) is 29.2 Å². The van der Waals surface area contributed by atoms with Gasteiger partial charge in [0, 0.05) is 12.1 Å². The maximum absolute atomic E-state index is 12.1. The lowest BCUT2D eigenvalue weighted by atomic mass is 10.0. The van der Waals surface area contributed by atoms with Gasteiger partial charge in [-0.15, -0.1) is 0 Å². The summed E-state index contributed by atoms with van der Waals surface area (Å²) in [5.41, 5.74) is 0.629. The van der Waals surface area contributed by atoms with Crippen LogP contribution >= 0.6 is 0 Å². The summed E-state index contributed by atoms with van der Waals surface area (Å²) < 4.78 is 10.3. The van der Waals surface area contributed by atoms with E-state index in [9.17, 15) is 19.7 Å². The van der Waals surface area contributed by atoms with Gasteiger partial charge < -0.3 is 9.47 Å². The molecule has 2 fully saturated rings. The van der Waals surface area contributed by atoms with Crippen LogP contribution in [-0.2, 0) is 20.9 Å². The molecule has 22 heavy (non-hydrogen) atoms. The van der Waals surface area contributed by atoms with E-state index < -0.39 is 23.0 Å². The molecule has 2 aliphatic rings. The molecule has 0 saturated carbocycles. The predicted octanol–water partition coefficient (Wildman–Crippen LogP) is 1.62. The Morgan fingerprint density at radius 2 is 2.09 bits per heavy atom. The number of fused-ring (bicyclic) bond motifs is 2. The molecule has 0 aliphatic carbocycles. The Bertz CT molecular complexity index is 614. The SMILES string of the molecule is O=C(OCc1ccc([N+](=O)[O-])cc1)C1CCC2CN1C(=O)O2. The number of carbonyl (C=O) groups excluding carboxylic acids is 2. The van der Waals surface area contributed by atoms with E-state index in [1.807, 2.05) is 0 Å². The number of rotatable bonds is 4. The van der Waals surface area contributed by atoms with Crippen LogP contribution in [0.1, 0.15) is 18.4 Å². The van der Waals surface area contributed by atoms with E-state index in [-0.39, 0.29) is 18.4 Å². The number of nitro benzene ring substituents is 1. The Hall–Kier alpha value is -2.64. The Morgan fingerprint density at radius 1 is 1.36 bits per heavy atom. The number of hydrogen-bond acceptors (Lipinski definition) is 6. The maximum Gasteiger partial charge on any atom is 0.410 e. The molecule has 0 aromatic heterocycles. The highest BCUT2D eigenvalue weighted by Gasteiger charge is 2.44. The molecule has 0 radical (unpaired) electrons. The third-order valence-electron chi connectivity index (χ3n) is 3.84. The lowest BCUT2D eigenvalue weighted by molar-refractivity contribution is -0.384. The molecule has 2 bridgehead atoms. The second-order valence-electron chi connectivity index (χ2n) is 5.28. The summed E-state index contributed by atoms with van der Waals surface area (Å²) in [6, 6.07) is 5.17. The van der Waals surface area contributed by atoms with Crippen molar-refractivity contribution in [3.8, 4) is 0 Å². The Labute approximate surface area is 125 Å². The first-order valence-corrected chi connectivity index (χ1v) is 6.92. The van der Waals surface area contributed by atoms with Gasteiger partial charge in [-0.3, -0.25) is 15.0 Å². The Morgan fingerprint density at radius 3 is 2.77 bits per heavy atom. The standard InChI is InChI=1S/C14H14N2O6/c17-13(12-6-5-11-7-15(12)14(18)22-11)21-8-9-1-3-10(4-2-9)16(19)20/h1-4,11-12H,5-8H2. The molecule has 2 heterocycles. The second kappa shape index (κ2) is 5.63. The third-order valence-corrected chi connectivity index (χ3v) is 3.84. The van der Waals surface area contributed by atoms with Crippen molar-refractivity contribution in [2.75, 3.05) is 6.54 Å². The van der Waals surface area contributed by atoms with Crippen LogP contribution in [0.3, 0.4) is 0 Å². The van der Waals surface area contributed by atoms with Crippen LogP contribution in [0.15, 0.2) is 24.3 Å². The zero-order chi connectivity index (χ0) is 15.7. The number of nitro groups is 1. The lowest BCUT2D eigenvalue weighted by Gasteiger charge is -2.27. The van der Waals surface area contributed by atoms with Gasteiger partial charge in [-0.2, -0.15) is 0 Å². The monoisotopic (exact) mass is 306 g/mol. The quantitative estimate of drug-likeness (QED) is 0.476. The first kappa shape index (κ1) is 14.3. The molecule has 1 aromatic carbocycles. The molecule has 2 atom stereocenters. The molecule has 2 saturated heterocycles. The molecule has 1 aromatic rings. The number of amides is 1. The van der Waals surface area contributed by atoms with Crippen LogP contribution in [0.25, 0.3) is 0 Å². The molecule has 2 aliphatic heterocycles. The van der Waals surface area contributed by atoms with Crippen LogP contribution < -0.4 is 0 Å². The minimum Gasteiger partial charge on any atom is -0.459 e. The number of carbonyl (C=O) groups is 2. The summed E-state index contributed by atoms with van der Waals surface area (Å²) in [5, 5.41) is 10.6. The van der Waals surface area contributed by atoms with E-state index in [0.717, 1.165) is 0 Å². The zero-order valence-corrected chi connectivity index (χ0v) is 11.6. The minimum absolute atomic E-state index is 0.0135. The summed E-state index contributed by atoms with van der Waals surface area (Å²) >= 11 is 0. The smallest absolute Gasteiger partial charge is 0.410 e. The molecule has 8 nitrogen and oxygen atoms in total. The van der Waals surface area contributed by atoms with E-state index in [2.05, 4.69) is 0 Å². The summed E-state index contributed by atoms with van der Waals surface area (Å²) in [7, 11) is 0. The zero-order valence-electron chi connectivity index (χ0n) is 11.6. The van der Waals surface area contributed by atoms with Gasteiger partial charge in [0.1, 0.15) is 18.8 Å². The van der Waals surface area contributed by atoms with Gasteiger partial charge >= 0.3 is 12.1 Å². The average Bonchev–Trinajstić information content (AvgIpc) is 2.80. The van der Waals surface area contributed by atoms with Gasteiger partial charge in [0.05, 0.1) is 11.5 Å². The Balaban J connectivity index is 1.58. The van der Waals surface area contributed by atoms with Crippen molar-refractivity contribution in [1.82, 2.24) is 4.90 Å². The highest BCUT2D eigenvalue weighted by atomic mass is 16.6. The normalized spacial score (nSPS) is 23.1. The number of piperidine rings is 1. The van der Waals surface area contributed by atoms with E-state index in [4.69, 9.17) is 9.47 Å². The third kappa shape index (κ3) is 2.72. The molecule has 8 heteroatoms. The van der Waals surface area contributed by atoms with Crippen molar-refractivity contribution in [2.24, 2.45) is 0 Å². The fraction of sp³-hybridized carbons (Fsp3) is 0.429. The fourth-order valence-corrected chi connectivity index (χ4v) is 2.66. The van der Waals surface area contributed by atoms with Crippen molar-refractivity contribution in [3.63, 3.8) is 0 Å². The number of esters is 1. The average molecular weight is 306 g/mol. The largest absolute Gasteiger partial charge is 0.459 e. The van der Waals surface area contributed by atoms with Gasteiger partial charge in [0.15, 0.2) is 0 Å². The van der Waals surface area contributed by atoms with Gasteiger partial charge in [-0.1, -0.05) is 0 Å². The molecular formula is C14H14N2O6. The van der Waals surface area contributed by atoms with Crippen molar-refractivity contribution in [3.05, 3.63) is 39.9 Å². The molecule has 1 amide bonds. The van der Waals surface area contributed by atoms with Crippen LogP contribution in [-0.4, -0.2) is 40.6 Å². The summed E-state index contributed by atoms with van der Waals surface area (Å²) in [6.45, 7) is 0.440. The van der Waals surface area contributed by atoms with Crippen LogP contribution in [0.5, 0.6) is 0 Å².